The smallest absolute Gasteiger partial charge is 0.123 e. The van der Waals surface area contributed by atoms with Gasteiger partial charge in [-0.05, 0) is 29.8 Å². The molecule has 2 aromatic carbocycles. The number of alkyl halides is 1. The van der Waals surface area contributed by atoms with Gasteiger partial charge in [-0.1, -0.05) is 34.1 Å². The number of hydrogen-bond acceptors (Lipinski definition) is 2. The Hall–Kier alpha value is -1.19. The quantitative estimate of drug-likeness (QED) is 0.742. The van der Waals surface area contributed by atoms with Crippen molar-refractivity contribution in [2.45, 2.75) is 17.9 Å². The van der Waals surface area contributed by atoms with Crippen molar-refractivity contribution in [2.75, 3.05) is 7.11 Å². The summed E-state index contributed by atoms with van der Waals surface area (Å²) in [6.07, 6.45) is 0.747. The molecule has 0 radical (unpaired) electrons. The van der Waals surface area contributed by atoms with Crippen molar-refractivity contribution in [2.24, 2.45) is 0 Å². The molecule has 4 heteroatoms. The second kappa shape index (κ2) is 5.66. The van der Waals surface area contributed by atoms with Gasteiger partial charge in [0, 0.05) is 16.5 Å². The van der Waals surface area contributed by atoms with E-state index in [0.717, 1.165) is 28.0 Å². The van der Waals surface area contributed by atoms with E-state index in [1.165, 1.54) is 5.56 Å². The zero-order valence-electron chi connectivity index (χ0n) is 11.0. The van der Waals surface area contributed by atoms with Crippen LogP contribution in [0.15, 0.2) is 46.9 Å². The summed E-state index contributed by atoms with van der Waals surface area (Å²) >= 11 is 10.1. The van der Waals surface area contributed by atoms with Gasteiger partial charge in [0.25, 0.3) is 0 Å². The van der Waals surface area contributed by atoms with Crippen LogP contribution < -0.4 is 9.47 Å². The SMILES string of the molecule is COc1ccc(Br)cc1C(Cl)C1Cc2ccccc2O1. The van der Waals surface area contributed by atoms with E-state index < -0.39 is 0 Å². The predicted molar refractivity (Wildman–Crippen MR) is 83.9 cm³/mol. The summed E-state index contributed by atoms with van der Waals surface area (Å²) in [4.78, 5) is 0. The van der Waals surface area contributed by atoms with Crippen LogP contribution in [0.1, 0.15) is 16.5 Å². The second-order valence-corrected chi connectivity index (χ2v) is 6.14. The Labute approximate surface area is 131 Å². The van der Waals surface area contributed by atoms with Crippen LogP contribution in [0.5, 0.6) is 11.5 Å². The van der Waals surface area contributed by atoms with Crippen molar-refractivity contribution in [3.63, 3.8) is 0 Å². The van der Waals surface area contributed by atoms with Gasteiger partial charge in [-0.2, -0.15) is 0 Å². The Morgan fingerprint density at radius 1 is 1.30 bits per heavy atom. The van der Waals surface area contributed by atoms with Gasteiger partial charge in [-0.15, -0.1) is 11.6 Å². The first-order valence-corrected chi connectivity index (χ1v) is 7.64. The molecule has 0 fully saturated rings. The summed E-state index contributed by atoms with van der Waals surface area (Å²) in [6.45, 7) is 0. The fourth-order valence-corrected chi connectivity index (χ4v) is 3.18. The maximum Gasteiger partial charge on any atom is 0.123 e. The maximum absolute atomic E-state index is 6.63. The molecule has 2 atom stereocenters. The van der Waals surface area contributed by atoms with Crippen molar-refractivity contribution >= 4 is 27.5 Å². The van der Waals surface area contributed by atoms with E-state index >= 15 is 0 Å². The number of halogens is 2. The topological polar surface area (TPSA) is 18.5 Å². The van der Waals surface area contributed by atoms with Crippen LogP contribution in [0, 0.1) is 0 Å². The summed E-state index contributed by atoms with van der Waals surface area (Å²) in [6, 6.07) is 13.9. The van der Waals surface area contributed by atoms with Gasteiger partial charge in [0.1, 0.15) is 17.6 Å². The number of rotatable bonds is 3. The third-order valence-electron chi connectivity index (χ3n) is 3.49. The fraction of sp³-hybridized carbons (Fsp3) is 0.250. The minimum atomic E-state index is -0.255. The minimum Gasteiger partial charge on any atom is -0.496 e. The van der Waals surface area contributed by atoms with E-state index in [1.54, 1.807) is 7.11 Å². The Balaban J connectivity index is 1.88. The van der Waals surface area contributed by atoms with Crippen LogP contribution in [0.4, 0.5) is 0 Å². The molecule has 0 saturated heterocycles. The summed E-state index contributed by atoms with van der Waals surface area (Å²) < 4.78 is 12.3. The van der Waals surface area contributed by atoms with Crippen molar-refractivity contribution in [3.8, 4) is 11.5 Å². The predicted octanol–water partition coefficient (Wildman–Crippen LogP) is 4.74. The molecular formula is C16H14BrClO2. The Bertz CT molecular complexity index is 605. The average molecular weight is 354 g/mol. The fourth-order valence-electron chi connectivity index (χ4n) is 2.49. The van der Waals surface area contributed by atoms with Crippen LogP contribution in [0.3, 0.4) is 0 Å². The molecule has 1 aliphatic rings. The summed E-state index contributed by atoms with van der Waals surface area (Å²) in [5.41, 5.74) is 2.15. The van der Waals surface area contributed by atoms with Crippen LogP contribution in [-0.2, 0) is 6.42 Å². The van der Waals surface area contributed by atoms with Crippen molar-refractivity contribution in [1.29, 1.82) is 0 Å². The molecule has 0 saturated carbocycles. The largest absolute Gasteiger partial charge is 0.496 e. The lowest BCUT2D eigenvalue weighted by molar-refractivity contribution is 0.225. The van der Waals surface area contributed by atoms with E-state index in [2.05, 4.69) is 22.0 Å². The standard InChI is InChI=1S/C16H14BrClO2/c1-19-14-7-6-11(17)9-12(14)16(18)15-8-10-4-2-3-5-13(10)20-15/h2-7,9,15-16H,8H2,1H3. The van der Waals surface area contributed by atoms with Crippen molar-refractivity contribution < 1.29 is 9.47 Å². The molecule has 0 spiro atoms. The van der Waals surface area contributed by atoms with Gasteiger partial charge in [0.2, 0.25) is 0 Å². The number of benzene rings is 2. The molecule has 0 N–H and O–H groups in total. The van der Waals surface area contributed by atoms with Gasteiger partial charge in [-0.3, -0.25) is 0 Å². The molecule has 0 bridgehead atoms. The van der Waals surface area contributed by atoms with Crippen LogP contribution in [-0.4, -0.2) is 13.2 Å². The van der Waals surface area contributed by atoms with Gasteiger partial charge in [-0.25, -0.2) is 0 Å². The van der Waals surface area contributed by atoms with E-state index in [0.29, 0.717) is 0 Å². The number of fused-ring (bicyclic) bond motifs is 1. The highest BCUT2D eigenvalue weighted by atomic mass is 79.9. The van der Waals surface area contributed by atoms with Gasteiger partial charge in [0.15, 0.2) is 0 Å². The lowest BCUT2D eigenvalue weighted by atomic mass is 10.0. The number of hydrogen-bond donors (Lipinski definition) is 0. The molecule has 1 aliphatic heterocycles. The Kier molecular flexibility index (Phi) is 3.90. The first kappa shape index (κ1) is 13.8. The third kappa shape index (κ3) is 2.52. The zero-order chi connectivity index (χ0) is 14.1. The number of ether oxygens (including phenoxy) is 2. The van der Waals surface area contributed by atoms with Gasteiger partial charge in [0.05, 0.1) is 12.5 Å². The first-order chi connectivity index (χ1) is 9.69. The van der Waals surface area contributed by atoms with Crippen molar-refractivity contribution in [1.82, 2.24) is 0 Å². The molecule has 3 rings (SSSR count). The maximum atomic E-state index is 6.63. The minimum absolute atomic E-state index is 0.0720. The lowest BCUT2D eigenvalue weighted by Crippen LogP contribution is -2.20. The first-order valence-electron chi connectivity index (χ1n) is 6.41. The number of methoxy groups -OCH3 is 1. The molecular weight excluding hydrogens is 340 g/mol. The molecule has 2 aromatic rings. The summed E-state index contributed by atoms with van der Waals surface area (Å²) in [5, 5.41) is -0.255. The van der Waals surface area contributed by atoms with E-state index in [4.69, 9.17) is 21.1 Å². The highest BCUT2D eigenvalue weighted by molar-refractivity contribution is 9.10. The average Bonchev–Trinajstić information content (AvgIpc) is 2.90. The molecule has 0 aliphatic carbocycles. The second-order valence-electron chi connectivity index (χ2n) is 4.76. The summed E-state index contributed by atoms with van der Waals surface area (Å²) in [5.74, 6) is 1.71. The lowest BCUT2D eigenvalue weighted by Gasteiger charge is -2.20. The molecule has 0 aromatic heterocycles. The van der Waals surface area contributed by atoms with Gasteiger partial charge >= 0.3 is 0 Å². The Morgan fingerprint density at radius 3 is 2.85 bits per heavy atom. The summed E-state index contributed by atoms with van der Waals surface area (Å²) in [7, 11) is 1.65. The third-order valence-corrected chi connectivity index (χ3v) is 4.50. The van der Waals surface area contributed by atoms with Crippen LogP contribution in [0.25, 0.3) is 0 Å². The molecule has 0 amide bonds. The van der Waals surface area contributed by atoms with Crippen LogP contribution >= 0.6 is 27.5 Å². The van der Waals surface area contributed by atoms with E-state index in [9.17, 15) is 0 Å². The van der Waals surface area contributed by atoms with E-state index in [1.807, 2.05) is 36.4 Å². The molecule has 2 nitrogen and oxygen atoms in total. The normalized spacial score (nSPS) is 18.2. The molecule has 2 unspecified atom stereocenters. The zero-order valence-corrected chi connectivity index (χ0v) is 13.3. The molecule has 1 heterocycles. The highest BCUT2D eigenvalue weighted by Gasteiger charge is 2.31. The van der Waals surface area contributed by atoms with Gasteiger partial charge < -0.3 is 9.47 Å². The van der Waals surface area contributed by atoms with Crippen molar-refractivity contribution in [3.05, 3.63) is 58.1 Å². The van der Waals surface area contributed by atoms with Crippen LogP contribution in [0.2, 0.25) is 0 Å². The van der Waals surface area contributed by atoms with E-state index in [-0.39, 0.29) is 11.5 Å². The highest BCUT2D eigenvalue weighted by Crippen LogP contribution is 2.40. The Morgan fingerprint density at radius 2 is 2.10 bits per heavy atom. The molecule has 104 valence electrons. The monoisotopic (exact) mass is 352 g/mol. The number of para-hydroxylation sites is 1. The molecule has 20 heavy (non-hydrogen) atoms.